The smallest absolute Gasteiger partial charge is 0.259 e. The quantitative estimate of drug-likeness (QED) is 0.782. The van der Waals surface area contributed by atoms with Crippen LogP contribution in [-0.4, -0.2) is 15.9 Å². The molecule has 4 nitrogen and oxygen atoms in total. The number of hydrogen-bond acceptors (Lipinski definition) is 3. The van der Waals surface area contributed by atoms with Crippen molar-refractivity contribution in [2.24, 2.45) is 0 Å². The normalized spacial score (nSPS) is 10.5. The Balaban J connectivity index is 1.87. The van der Waals surface area contributed by atoms with Crippen LogP contribution in [0.25, 0.3) is 11.4 Å². The van der Waals surface area contributed by atoms with Crippen LogP contribution in [-0.2, 0) is 0 Å². The fraction of sp³-hybridized carbons (Fsp3) is 0.150. The minimum atomic E-state index is -0.194. The van der Waals surface area contributed by atoms with E-state index in [4.69, 9.17) is 0 Å². The fourth-order valence-electron chi connectivity index (χ4n) is 2.49. The van der Waals surface area contributed by atoms with Gasteiger partial charge in [-0.15, -0.1) is 0 Å². The van der Waals surface area contributed by atoms with E-state index in [9.17, 15) is 4.79 Å². The summed E-state index contributed by atoms with van der Waals surface area (Å²) in [5, 5.41) is 2.95. The number of benzene rings is 2. The van der Waals surface area contributed by atoms with E-state index in [1.165, 1.54) is 0 Å². The van der Waals surface area contributed by atoms with Crippen LogP contribution in [0.3, 0.4) is 0 Å². The van der Waals surface area contributed by atoms with Crippen molar-refractivity contribution in [3.63, 3.8) is 0 Å². The summed E-state index contributed by atoms with van der Waals surface area (Å²) in [6.07, 6.45) is 1.59. The van der Waals surface area contributed by atoms with E-state index in [-0.39, 0.29) is 5.91 Å². The topological polar surface area (TPSA) is 54.9 Å². The van der Waals surface area contributed by atoms with E-state index in [1.54, 1.807) is 6.20 Å². The molecule has 1 aromatic heterocycles. The molecule has 0 radical (unpaired) electrons. The standard InChI is InChI=1S/C20H19N3O/c1-13-8-7-11-18(14(13)2)23-20(24)17-12-21-19(22-15(17)3)16-9-5-4-6-10-16/h4-12H,1-3H3,(H,23,24). The molecule has 0 unspecified atom stereocenters. The lowest BCUT2D eigenvalue weighted by atomic mass is 10.1. The second kappa shape index (κ2) is 6.62. The fourth-order valence-corrected chi connectivity index (χ4v) is 2.49. The summed E-state index contributed by atoms with van der Waals surface area (Å²) < 4.78 is 0. The highest BCUT2D eigenvalue weighted by atomic mass is 16.1. The van der Waals surface area contributed by atoms with Gasteiger partial charge in [-0.1, -0.05) is 42.5 Å². The van der Waals surface area contributed by atoms with Gasteiger partial charge in [0.2, 0.25) is 0 Å². The highest BCUT2D eigenvalue weighted by Gasteiger charge is 2.14. The summed E-state index contributed by atoms with van der Waals surface area (Å²) in [4.78, 5) is 21.4. The first-order valence-corrected chi connectivity index (χ1v) is 7.83. The zero-order valence-corrected chi connectivity index (χ0v) is 14.0. The van der Waals surface area contributed by atoms with Crippen molar-refractivity contribution in [3.05, 3.63) is 77.1 Å². The molecule has 4 heteroatoms. The first-order chi connectivity index (χ1) is 11.6. The Bertz CT molecular complexity index is 889. The maximum Gasteiger partial charge on any atom is 0.259 e. The number of carbonyl (C=O) groups is 1. The van der Waals surface area contributed by atoms with E-state index in [2.05, 4.69) is 15.3 Å². The summed E-state index contributed by atoms with van der Waals surface area (Å²) in [5.41, 5.74) is 5.08. The van der Waals surface area contributed by atoms with Crippen LogP contribution in [0, 0.1) is 20.8 Å². The van der Waals surface area contributed by atoms with E-state index < -0.39 is 0 Å². The molecule has 0 aliphatic heterocycles. The zero-order chi connectivity index (χ0) is 17.1. The molecule has 24 heavy (non-hydrogen) atoms. The van der Waals surface area contributed by atoms with E-state index in [0.29, 0.717) is 17.1 Å². The number of aromatic nitrogens is 2. The van der Waals surface area contributed by atoms with Crippen LogP contribution in [0.5, 0.6) is 0 Å². The molecule has 0 saturated heterocycles. The lowest BCUT2D eigenvalue weighted by molar-refractivity contribution is 0.102. The average molecular weight is 317 g/mol. The Hall–Kier alpha value is -3.01. The minimum absolute atomic E-state index is 0.194. The average Bonchev–Trinajstić information content (AvgIpc) is 2.59. The molecule has 0 atom stereocenters. The number of aryl methyl sites for hydroxylation is 2. The summed E-state index contributed by atoms with van der Waals surface area (Å²) in [5.74, 6) is 0.428. The Morgan fingerprint density at radius 1 is 0.958 bits per heavy atom. The molecule has 1 heterocycles. The van der Waals surface area contributed by atoms with Crippen LogP contribution in [0.4, 0.5) is 5.69 Å². The van der Waals surface area contributed by atoms with Crippen molar-refractivity contribution in [2.75, 3.05) is 5.32 Å². The van der Waals surface area contributed by atoms with Gasteiger partial charge in [0.05, 0.1) is 11.3 Å². The third kappa shape index (κ3) is 3.18. The van der Waals surface area contributed by atoms with Crippen molar-refractivity contribution in [1.82, 2.24) is 9.97 Å². The lowest BCUT2D eigenvalue weighted by Crippen LogP contribution is -2.16. The van der Waals surface area contributed by atoms with Crippen LogP contribution in [0.2, 0.25) is 0 Å². The molecule has 0 spiro atoms. The summed E-state index contributed by atoms with van der Waals surface area (Å²) in [6, 6.07) is 15.6. The number of carbonyl (C=O) groups excluding carboxylic acids is 1. The van der Waals surface area contributed by atoms with E-state index in [1.807, 2.05) is 69.3 Å². The monoisotopic (exact) mass is 317 g/mol. The molecule has 0 fully saturated rings. The minimum Gasteiger partial charge on any atom is -0.322 e. The molecule has 3 aromatic rings. The Kier molecular flexibility index (Phi) is 4.38. The molecule has 2 aromatic carbocycles. The predicted molar refractivity (Wildman–Crippen MR) is 96.1 cm³/mol. The van der Waals surface area contributed by atoms with Crippen molar-refractivity contribution < 1.29 is 4.79 Å². The van der Waals surface area contributed by atoms with Crippen LogP contribution < -0.4 is 5.32 Å². The second-order valence-electron chi connectivity index (χ2n) is 5.76. The van der Waals surface area contributed by atoms with Gasteiger partial charge in [-0.05, 0) is 38.0 Å². The molecule has 0 aliphatic carbocycles. The number of amides is 1. The molecule has 0 aliphatic rings. The maximum absolute atomic E-state index is 12.6. The number of hydrogen-bond donors (Lipinski definition) is 1. The van der Waals surface area contributed by atoms with Crippen molar-refractivity contribution >= 4 is 11.6 Å². The Morgan fingerprint density at radius 2 is 1.71 bits per heavy atom. The number of anilines is 1. The second-order valence-corrected chi connectivity index (χ2v) is 5.76. The van der Waals surface area contributed by atoms with Gasteiger partial charge in [-0.3, -0.25) is 4.79 Å². The first kappa shape index (κ1) is 15.9. The van der Waals surface area contributed by atoms with Gasteiger partial charge in [0.25, 0.3) is 5.91 Å². The third-order valence-corrected chi connectivity index (χ3v) is 4.11. The molecule has 0 bridgehead atoms. The highest BCUT2D eigenvalue weighted by Crippen LogP contribution is 2.20. The van der Waals surface area contributed by atoms with Crippen molar-refractivity contribution in [2.45, 2.75) is 20.8 Å². The third-order valence-electron chi connectivity index (χ3n) is 4.11. The van der Waals surface area contributed by atoms with E-state index >= 15 is 0 Å². The Morgan fingerprint density at radius 3 is 2.42 bits per heavy atom. The molecular weight excluding hydrogens is 298 g/mol. The lowest BCUT2D eigenvalue weighted by Gasteiger charge is -2.11. The van der Waals surface area contributed by atoms with Crippen LogP contribution >= 0.6 is 0 Å². The molecule has 1 N–H and O–H groups in total. The van der Waals surface area contributed by atoms with Gasteiger partial charge >= 0.3 is 0 Å². The Labute approximate surface area is 141 Å². The van der Waals surface area contributed by atoms with Gasteiger partial charge in [0, 0.05) is 17.4 Å². The largest absolute Gasteiger partial charge is 0.322 e. The van der Waals surface area contributed by atoms with Gasteiger partial charge in [0.1, 0.15) is 0 Å². The van der Waals surface area contributed by atoms with Gasteiger partial charge in [0.15, 0.2) is 5.82 Å². The molecule has 0 saturated carbocycles. The highest BCUT2D eigenvalue weighted by molar-refractivity contribution is 6.05. The van der Waals surface area contributed by atoms with Gasteiger partial charge in [-0.2, -0.15) is 0 Å². The zero-order valence-electron chi connectivity index (χ0n) is 14.0. The molecule has 120 valence electrons. The van der Waals surface area contributed by atoms with Crippen molar-refractivity contribution in [1.29, 1.82) is 0 Å². The van der Waals surface area contributed by atoms with Crippen LogP contribution in [0.15, 0.2) is 54.7 Å². The van der Waals surface area contributed by atoms with Crippen molar-refractivity contribution in [3.8, 4) is 11.4 Å². The number of rotatable bonds is 3. The molecule has 1 amide bonds. The number of nitrogens with zero attached hydrogens (tertiary/aromatic N) is 2. The molecule has 3 rings (SSSR count). The first-order valence-electron chi connectivity index (χ1n) is 7.83. The summed E-state index contributed by atoms with van der Waals surface area (Å²) >= 11 is 0. The van der Waals surface area contributed by atoms with Gasteiger partial charge < -0.3 is 5.32 Å². The molecular formula is C20H19N3O. The number of nitrogens with one attached hydrogen (secondary N) is 1. The van der Waals surface area contributed by atoms with E-state index in [0.717, 1.165) is 22.4 Å². The SMILES string of the molecule is Cc1cccc(NC(=O)c2cnc(-c3ccccc3)nc2C)c1C. The predicted octanol–water partition coefficient (Wildman–Crippen LogP) is 4.32. The van der Waals surface area contributed by atoms with Crippen LogP contribution in [0.1, 0.15) is 27.2 Å². The maximum atomic E-state index is 12.6. The van der Waals surface area contributed by atoms with Gasteiger partial charge in [-0.25, -0.2) is 9.97 Å². The summed E-state index contributed by atoms with van der Waals surface area (Å²) in [7, 11) is 0. The summed E-state index contributed by atoms with van der Waals surface area (Å²) in [6.45, 7) is 5.84.